The fraction of sp³-hybridized carbons (Fsp3) is 0.900. The van der Waals surface area contributed by atoms with E-state index in [1.54, 1.807) is 0 Å². The molecule has 3 nitrogen and oxygen atoms in total. The van der Waals surface area contributed by atoms with Crippen molar-refractivity contribution in [1.82, 2.24) is 4.90 Å². The number of carbonyl (C=O) groups is 1. The van der Waals surface area contributed by atoms with E-state index in [9.17, 15) is 4.79 Å². The fourth-order valence-corrected chi connectivity index (χ4v) is 11.8. The summed E-state index contributed by atoms with van der Waals surface area (Å²) in [6.45, 7) is 9.50. The van der Waals surface area contributed by atoms with E-state index < -0.39 is 0 Å². The fourth-order valence-electron chi connectivity index (χ4n) is 11.6. The number of piperidine rings is 1. The molecule has 34 heavy (non-hydrogen) atoms. The lowest BCUT2D eigenvalue weighted by atomic mass is 9.47. The van der Waals surface area contributed by atoms with Crippen molar-refractivity contribution in [3.8, 4) is 0 Å². The van der Waals surface area contributed by atoms with Crippen molar-refractivity contribution < 1.29 is 9.53 Å². The average Bonchev–Trinajstić information content (AvgIpc) is 3.30. The molecule has 6 fully saturated rings. The second-order valence-corrected chi connectivity index (χ2v) is 14.4. The molecule has 7 aliphatic rings. The Balaban J connectivity index is 1.21. The summed E-state index contributed by atoms with van der Waals surface area (Å²) >= 11 is 6.27. The van der Waals surface area contributed by atoms with Crippen LogP contribution >= 0.6 is 11.6 Å². The second-order valence-electron chi connectivity index (χ2n) is 14.0. The van der Waals surface area contributed by atoms with Crippen molar-refractivity contribution in [1.29, 1.82) is 0 Å². The Labute approximate surface area is 211 Å². The van der Waals surface area contributed by atoms with E-state index in [0.29, 0.717) is 34.7 Å². The van der Waals surface area contributed by atoms with Crippen molar-refractivity contribution >= 4 is 17.4 Å². The van der Waals surface area contributed by atoms with E-state index in [4.69, 9.17) is 16.3 Å². The first-order valence-electron chi connectivity index (χ1n) is 14.5. The Hall–Kier alpha value is -0.380. The Morgan fingerprint density at radius 1 is 1.21 bits per heavy atom. The quantitative estimate of drug-likeness (QED) is 0.431. The number of alkyl halides is 1. The van der Waals surface area contributed by atoms with Crippen LogP contribution in [0.5, 0.6) is 0 Å². The molecule has 2 saturated heterocycles. The van der Waals surface area contributed by atoms with Crippen LogP contribution in [0, 0.1) is 45.8 Å². The molecule has 2 aliphatic heterocycles. The van der Waals surface area contributed by atoms with Gasteiger partial charge in [-0.05, 0) is 85.5 Å². The van der Waals surface area contributed by atoms with Gasteiger partial charge >= 0.3 is 0 Å². The van der Waals surface area contributed by atoms with Gasteiger partial charge in [0.2, 0.25) is 0 Å². The number of allylic oxidation sites excluding steroid dienone is 2. The Bertz CT molecular complexity index is 919. The van der Waals surface area contributed by atoms with Crippen LogP contribution in [0.3, 0.4) is 0 Å². The molecule has 0 radical (unpaired) electrons. The minimum absolute atomic E-state index is 0.165. The number of hydrogen-bond acceptors (Lipinski definition) is 3. The van der Waals surface area contributed by atoms with E-state index in [-0.39, 0.29) is 11.0 Å². The summed E-state index contributed by atoms with van der Waals surface area (Å²) in [5.41, 5.74) is 1.36. The van der Waals surface area contributed by atoms with Gasteiger partial charge < -0.3 is 4.74 Å². The smallest absolute Gasteiger partial charge is 0.155 e. The van der Waals surface area contributed by atoms with Crippen molar-refractivity contribution in [3.63, 3.8) is 0 Å². The van der Waals surface area contributed by atoms with Crippen LogP contribution in [-0.2, 0) is 9.53 Å². The normalized spacial score (nSPS) is 57.3. The number of likely N-dealkylation sites (tertiary alicyclic amines) is 1. The first-order chi connectivity index (χ1) is 16.3. The molecule has 2 heterocycles. The highest BCUT2D eigenvalue weighted by atomic mass is 35.5. The molecule has 0 amide bonds. The van der Waals surface area contributed by atoms with Crippen LogP contribution < -0.4 is 0 Å². The second kappa shape index (κ2) is 7.35. The van der Waals surface area contributed by atoms with Gasteiger partial charge in [0.25, 0.3) is 0 Å². The van der Waals surface area contributed by atoms with Crippen molar-refractivity contribution in [2.24, 2.45) is 45.8 Å². The van der Waals surface area contributed by atoms with Gasteiger partial charge in [-0.25, -0.2) is 0 Å². The number of fused-ring (bicyclic) bond motifs is 2. The Morgan fingerprint density at radius 3 is 2.79 bits per heavy atom. The lowest BCUT2D eigenvalue weighted by Crippen LogP contribution is -2.64. The van der Waals surface area contributed by atoms with Gasteiger partial charge in [0.05, 0.1) is 11.7 Å². The van der Waals surface area contributed by atoms with Crippen LogP contribution in [0.25, 0.3) is 0 Å². The van der Waals surface area contributed by atoms with E-state index in [1.807, 2.05) is 6.08 Å². The number of nitrogens with zero attached hydrogens (tertiary/aromatic N) is 1. The largest absolute Gasteiger partial charge is 0.369 e. The zero-order chi connectivity index (χ0) is 23.5. The van der Waals surface area contributed by atoms with Gasteiger partial charge in [-0.1, -0.05) is 39.7 Å². The monoisotopic (exact) mass is 485 g/mol. The minimum Gasteiger partial charge on any atom is -0.369 e. The van der Waals surface area contributed by atoms with Crippen LogP contribution in [0.1, 0.15) is 85.0 Å². The molecule has 3 spiro atoms. The topological polar surface area (TPSA) is 29.5 Å². The number of rotatable bonds is 5. The van der Waals surface area contributed by atoms with Crippen LogP contribution in [0.4, 0.5) is 0 Å². The number of carbonyl (C=O) groups excluding carboxylic acids is 1. The number of halogens is 1. The Morgan fingerprint density at radius 2 is 2.06 bits per heavy atom. The summed E-state index contributed by atoms with van der Waals surface area (Å²) in [5.74, 6) is 4.98. The summed E-state index contributed by atoms with van der Waals surface area (Å²) in [5, 5.41) is 0. The van der Waals surface area contributed by atoms with Gasteiger partial charge in [0.15, 0.2) is 5.78 Å². The van der Waals surface area contributed by atoms with E-state index in [1.165, 1.54) is 57.9 Å². The van der Waals surface area contributed by atoms with Gasteiger partial charge in [-0.15, -0.1) is 11.6 Å². The number of ketones is 1. The lowest BCUT2D eigenvalue weighted by molar-refractivity contribution is -0.211. The summed E-state index contributed by atoms with van der Waals surface area (Å²) in [6.07, 6.45) is 17.3. The molecule has 0 bridgehead atoms. The minimum atomic E-state index is 0.165. The van der Waals surface area contributed by atoms with E-state index in [2.05, 4.69) is 31.7 Å². The maximum atomic E-state index is 12.0. The van der Waals surface area contributed by atoms with Crippen molar-refractivity contribution in [2.45, 2.75) is 103 Å². The average molecular weight is 486 g/mol. The van der Waals surface area contributed by atoms with Crippen LogP contribution in [0.2, 0.25) is 0 Å². The third kappa shape index (κ3) is 2.61. The molecule has 0 aromatic rings. The molecule has 5 aliphatic carbocycles. The molecule has 11 atom stereocenters. The first kappa shape index (κ1) is 22.8. The molecule has 7 rings (SSSR count). The van der Waals surface area contributed by atoms with E-state index in [0.717, 1.165) is 48.9 Å². The number of hydrogen-bond donors (Lipinski definition) is 0. The molecular weight excluding hydrogens is 442 g/mol. The van der Waals surface area contributed by atoms with E-state index >= 15 is 0 Å². The van der Waals surface area contributed by atoms with Crippen LogP contribution in [-0.4, -0.2) is 47.4 Å². The van der Waals surface area contributed by atoms with Gasteiger partial charge in [0.1, 0.15) is 0 Å². The maximum absolute atomic E-state index is 12.0. The summed E-state index contributed by atoms with van der Waals surface area (Å²) in [7, 11) is 0. The third-order valence-electron chi connectivity index (χ3n) is 12.7. The van der Waals surface area contributed by atoms with Gasteiger partial charge in [-0.3, -0.25) is 9.69 Å². The van der Waals surface area contributed by atoms with Crippen molar-refractivity contribution in [3.05, 3.63) is 12.2 Å². The predicted octanol–water partition coefficient (Wildman–Crippen LogP) is 6.24. The zero-order valence-corrected chi connectivity index (χ0v) is 22.3. The zero-order valence-electron chi connectivity index (χ0n) is 21.5. The molecule has 2 unspecified atom stereocenters. The molecule has 4 saturated carbocycles. The SMILES string of the molecule is CCC[C@H]1[C@@H]2CC[C@@]34O[C@@H]5C[C@H](C)CN(CCCl)[C@H]5[C@H]3CC43CC23C[C@@H]1[C@]1(C)C=CC(=O)CC1. The third-order valence-corrected chi connectivity index (χ3v) is 12.9. The highest BCUT2D eigenvalue weighted by Gasteiger charge is 2.91. The predicted molar refractivity (Wildman–Crippen MR) is 136 cm³/mol. The molecular formula is C30H44ClNO2. The molecule has 188 valence electrons. The van der Waals surface area contributed by atoms with Crippen LogP contribution in [0.15, 0.2) is 12.2 Å². The van der Waals surface area contributed by atoms with Gasteiger partial charge in [-0.2, -0.15) is 0 Å². The molecule has 0 aromatic heterocycles. The van der Waals surface area contributed by atoms with Crippen molar-refractivity contribution in [2.75, 3.05) is 19.0 Å². The lowest BCUT2D eigenvalue weighted by Gasteiger charge is -2.60. The molecule has 0 N–H and O–H groups in total. The standard InChI is InChI=1S/C30H44ClNO2/c1-4-5-21-22-8-11-30-24(26-25(34-30)14-19(2)17-32(26)13-12-31)16-29(30)18-28(22,29)15-23(21)27(3)9-6-20(33)7-10-27/h6,9,19,21-26H,4-5,7-8,10-18H2,1-3H3/t19-,21-,22-,23-,24+,25+,26-,27+,28?,29?,30+/m0/s1. The molecule has 4 heteroatoms. The summed E-state index contributed by atoms with van der Waals surface area (Å²) in [6, 6.07) is 0.614. The summed E-state index contributed by atoms with van der Waals surface area (Å²) < 4.78 is 7.32. The highest BCUT2D eigenvalue weighted by molar-refractivity contribution is 6.18. The van der Waals surface area contributed by atoms with Gasteiger partial charge in [0, 0.05) is 42.8 Å². The Kier molecular flexibility index (Phi) is 4.93. The molecule has 0 aromatic carbocycles. The summed E-state index contributed by atoms with van der Waals surface area (Å²) in [4.78, 5) is 14.8. The first-order valence-corrected chi connectivity index (χ1v) is 15.1. The number of ether oxygens (including phenoxy) is 1. The highest BCUT2D eigenvalue weighted by Crippen LogP contribution is 2.93. The maximum Gasteiger partial charge on any atom is 0.155 e.